The van der Waals surface area contributed by atoms with Crippen LogP contribution in [0.2, 0.25) is 0 Å². The number of hydrogen-bond donors (Lipinski definition) is 2. The molecule has 0 aromatic heterocycles. The summed E-state index contributed by atoms with van der Waals surface area (Å²) >= 11 is 0. The lowest BCUT2D eigenvalue weighted by atomic mass is 9.82. The zero-order valence-electron chi connectivity index (χ0n) is 11.8. The molecule has 0 aliphatic rings. The Labute approximate surface area is 113 Å². The second-order valence-electron chi connectivity index (χ2n) is 5.82. The first kappa shape index (κ1) is 15.2. The summed E-state index contributed by atoms with van der Waals surface area (Å²) in [6, 6.07) is 3.77. The Kier molecular flexibility index (Phi) is 4.35. The van der Waals surface area contributed by atoms with Crippen molar-refractivity contribution < 1.29 is 19.8 Å². The van der Waals surface area contributed by atoms with Crippen molar-refractivity contribution in [3.05, 3.63) is 34.4 Å². The van der Waals surface area contributed by atoms with E-state index in [-0.39, 0.29) is 18.3 Å². The van der Waals surface area contributed by atoms with Crippen LogP contribution in [0.25, 0.3) is 0 Å². The fourth-order valence-corrected chi connectivity index (χ4v) is 2.05. The Bertz CT molecular complexity index is 510. The molecule has 104 valence electrons. The minimum atomic E-state index is -0.947. The normalized spacial score (nSPS) is 11.4. The molecule has 0 radical (unpaired) electrons. The van der Waals surface area contributed by atoms with Crippen molar-refractivity contribution in [3.8, 4) is 0 Å². The van der Waals surface area contributed by atoms with E-state index in [9.17, 15) is 9.59 Å². The van der Waals surface area contributed by atoms with Crippen LogP contribution in [0, 0.1) is 6.92 Å². The van der Waals surface area contributed by atoms with Crippen molar-refractivity contribution >= 4 is 11.9 Å². The van der Waals surface area contributed by atoms with Crippen LogP contribution in [0.1, 0.15) is 43.0 Å². The van der Waals surface area contributed by atoms with Gasteiger partial charge >= 0.3 is 11.9 Å². The van der Waals surface area contributed by atoms with Gasteiger partial charge in [0.1, 0.15) is 0 Å². The first-order valence-electron chi connectivity index (χ1n) is 6.17. The highest BCUT2D eigenvalue weighted by Gasteiger charge is 2.19. The maximum atomic E-state index is 10.9. The molecule has 0 atom stereocenters. The van der Waals surface area contributed by atoms with Crippen LogP contribution < -0.4 is 0 Å². The topological polar surface area (TPSA) is 74.6 Å². The number of aliphatic carboxylic acids is 2. The van der Waals surface area contributed by atoms with Gasteiger partial charge in [-0.1, -0.05) is 32.9 Å². The van der Waals surface area contributed by atoms with Gasteiger partial charge in [0.05, 0.1) is 12.8 Å². The summed E-state index contributed by atoms with van der Waals surface area (Å²) in [5.74, 6) is -1.89. The number of rotatable bonds is 4. The quantitative estimate of drug-likeness (QED) is 0.876. The summed E-state index contributed by atoms with van der Waals surface area (Å²) < 4.78 is 0. The van der Waals surface area contributed by atoms with E-state index < -0.39 is 11.9 Å². The Morgan fingerprint density at radius 3 is 2.00 bits per heavy atom. The van der Waals surface area contributed by atoms with Crippen LogP contribution in [0.15, 0.2) is 12.1 Å². The first-order chi connectivity index (χ1) is 8.61. The van der Waals surface area contributed by atoms with Crippen LogP contribution >= 0.6 is 0 Å². The summed E-state index contributed by atoms with van der Waals surface area (Å²) in [6.45, 7) is 7.97. The van der Waals surface area contributed by atoms with E-state index in [2.05, 4.69) is 0 Å². The SMILES string of the molecule is Cc1cc(C(C)(C)C)cc(CC(=O)O)c1CC(=O)O. The van der Waals surface area contributed by atoms with Crippen LogP contribution in [0.3, 0.4) is 0 Å². The van der Waals surface area contributed by atoms with Crippen LogP contribution in [-0.2, 0) is 27.8 Å². The molecule has 0 bridgehead atoms. The number of benzene rings is 1. The van der Waals surface area contributed by atoms with Crippen molar-refractivity contribution in [2.45, 2.75) is 46.0 Å². The van der Waals surface area contributed by atoms with E-state index in [1.54, 1.807) is 0 Å². The molecule has 0 saturated heterocycles. The van der Waals surface area contributed by atoms with Crippen molar-refractivity contribution in [2.24, 2.45) is 0 Å². The van der Waals surface area contributed by atoms with Gasteiger partial charge in [0.2, 0.25) is 0 Å². The van der Waals surface area contributed by atoms with Gasteiger partial charge in [0, 0.05) is 0 Å². The monoisotopic (exact) mass is 264 g/mol. The summed E-state index contributed by atoms with van der Waals surface area (Å²) in [5.41, 5.74) is 2.98. The van der Waals surface area contributed by atoms with E-state index in [1.165, 1.54) is 0 Å². The average molecular weight is 264 g/mol. The molecule has 1 rings (SSSR count). The molecule has 0 fully saturated rings. The standard InChI is InChI=1S/C15H20O4/c1-9-5-11(15(2,3)4)6-10(7-13(16)17)12(9)8-14(18)19/h5-6H,7-8H2,1-4H3,(H,16,17)(H,18,19). The predicted molar refractivity (Wildman–Crippen MR) is 72.6 cm³/mol. The highest BCUT2D eigenvalue weighted by Crippen LogP contribution is 2.27. The predicted octanol–water partition coefficient (Wildman–Crippen LogP) is 2.55. The largest absolute Gasteiger partial charge is 0.481 e. The van der Waals surface area contributed by atoms with Gasteiger partial charge in [-0.2, -0.15) is 0 Å². The third kappa shape index (κ3) is 4.09. The van der Waals surface area contributed by atoms with Gasteiger partial charge in [0.15, 0.2) is 0 Å². The van der Waals surface area contributed by atoms with Gasteiger partial charge in [-0.25, -0.2) is 0 Å². The molecule has 0 spiro atoms. The van der Waals surface area contributed by atoms with E-state index >= 15 is 0 Å². The lowest BCUT2D eigenvalue weighted by Gasteiger charge is -2.22. The fourth-order valence-electron chi connectivity index (χ4n) is 2.05. The summed E-state index contributed by atoms with van der Waals surface area (Å²) in [4.78, 5) is 21.8. The molecule has 0 heterocycles. The Morgan fingerprint density at radius 2 is 1.58 bits per heavy atom. The Balaban J connectivity index is 3.38. The summed E-state index contributed by atoms with van der Waals surface area (Å²) in [6.07, 6.45) is -0.285. The third-order valence-corrected chi connectivity index (χ3v) is 3.10. The van der Waals surface area contributed by atoms with Crippen LogP contribution in [0.5, 0.6) is 0 Å². The molecule has 1 aromatic carbocycles. The number of hydrogen-bond acceptors (Lipinski definition) is 2. The molecule has 0 aliphatic carbocycles. The second kappa shape index (κ2) is 5.43. The lowest BCUT2D eigenvalue weighted by molar-refractivity contribution is -0.137. The number of carbonyl (C=O) groups is 2. The molecule has 0 amide bonds. The highest BCUT2D eigenvalue weighted by molar-refractivity contribution is 5.75. The van der Waals surface area contributed by atoms with Gasteiger partial charge in [0.25, 0.3) is 0 Å². The van der Waals surface area contributed by atoms with Crippen molar-refractivity contribution in [1.82, 2.24) is 0 Å². The minimum Gasteiger partial charge on any atom is -0.481 e. The molecule has 4 nitrogen and oxygen atoms in total. The van der Waals surface area contributed by atoms with Gasteiger partial charge < -0.3 is 10.2 Å². The summed E-state index contributed by atoms with van der Waals surface area (Å²) in [7, 11) is 0. The first-order valence-corrected chi connectivity index (χ1v) is 6.17. The van der Waals surface area contributed by atoms with Crippen LogP contribution in [0.4, 0.5) is 0 Å². The third-order valence-electron chi connectivity index (χ3n) is 3.10. The fraction of sp³-hybridized carbons (Fsp3) is 0.467. The molecule has 1 aromatic rings. The van der Waals surface area contributed by atoms with Crippen molar-refractivity contribution in [2.75, 3.05) is 0 Å². The van der Waals surface area contributed by atoms with E-state index in [1.807, 2.05) is 39.8 Å². The molecular formula is C15H20O4. The van der Waals surface area contributed by atoms with E-state index in [0.29, 0.717) is 11.1 Å². The Hall–Kier alpha value is -1.84. The van der Waals surface area contributed by atoms with Gasteiger partial charge in [-0.3, -0.25) is 9.59 Å². The lowest BCUT2D eigenvalue weighted by Crippen LogP contribution is -2.16. The zero-order chi connectivity index (χ0) is 14.8. The molecule has 0 aliphatic heterocycles. The Morgan fingerprint density at radius 1 is 1.05 bits per heavy atom. The van der Waals surface area contributed by atoms with E-state index in [0.717, 1.165) is 11.1 Å². The minimum absolute atomic E-state index is 0.0975. The number of carboxylic acids is 2. The molecule has 2 N–H and O–H groups in total. The van der Waals surface area contributed by atoms with Crippen molar-refractivity contribution in [3.63, 3.8) is 0 Å². The molecule has 0 saturated carbocycles. The molecule has 19 heavy (non-hydrogen) atoms. The van der Waals surface area contributed by atoms with Crippen LogP contribution in [-0.4, -0.2) is 22.2 Å². The second-order valence-corrected chi connectivity index (χ2v) is 5.82. The smallest absolute Gasteiger partial charge is 0.307 e. The number of aryl methyl sites for hydroxylation is 1. The molecular weight excluding hydrogens is 244 g/mol. The van der Waals surface area contributed by atoms with Crippen molar-refractivity contribution in [1.29, 1.82) is 0 Å². The number of carboxylic acid groups (broad SMARTS) is 2. The highest BCUT2D eigenvalue weighted by atomic mass is 16.4. The van der Waals surface area contributed by atoms with E-state index in [4.69, 9.17) is 10.2 Å². The maximum absolute atomic E-state index is 10.9. The van der Waals surface area contributed by atoms with Gasteiger partial charge in [-0.05, 0) is 34.6 Å². The summed E-state index contributed by atoms with van der Waals surface area (Å²) in [5, 5.41) is 17.9. The average Bonchev–Trinajstić information content (AvgIpc) is 2.20. The maximum Gasteiger partial charge on any atom is 0.307 e. The molecule has 0 unspecified atom stereocenters. The molecule has 4 heteroatoms. The van der Waals surface area contributed by atoms with Gasteiger partial charge in [-0.15, -0.1) is 0 Å². The zero-order valence-corrected chi connectivity index (χ0v) is 11.8.